The van der Waals surface area contributed by atoms with Crippen molar-refractivity contribution in [1.29, 1.82) is 0 Å². The number of hydrogen-bond acceptors (Lipinski definition) is 1. The van der Waals surface area contributed by atoms with Gasteiger partial charge in [0.25, 0.3) is 0 Å². The number of hydrogen-bond donors (Lipinski definition) is 1. The zero-order valence-electron chi connectivity index (χ0n) is 8.97. The second kappa shape index (κ2) is 6.42. The Balaban J connectivity index is 2.03. The molecular weight excluding hydrogens is 160 g/mol. The normalized spacial score (nSPS) is 29.1. The number of aliphatic hydroxyl groups is 1. The van der Waals surface area contributed by atoms with Crippen LogP contribution >= 0.6 is 0 Å². The van der Waals surface area contributed by atoms with Crippen molar-refractivity contribution in [1.82, 2.24) is 0 Å². The van der Waals surface area contributed by atoms with Crippen LogP contribution in [-0.4, -0.2) is 11.7 Å². The molecular formula is C12H24O. The molecule has 1 aliphatic rings. The van der Waals surface area contributed by atoms with E-state index in [1.54, 1.807) is 0 Å². The molecule has 0 aromatic carbocycles. The Morgan fingerprint density at radius 3 is 2.15 bits per heavy atom. The van der Waals surface area contributed by atoms with E-state index in [1.165, 1.54) is 51.4 Å². The van der Waals surface area contributed by atoms with Gasteiger partial charge < -0.3 is 5.11 Å². The molecule has 0 aromatic heterocycles. The molecule has 13 heavy (non-hydrogen) atoms. The first-order valence-corrected chi connectivity index (χ1v) is 5.97. The van der Waals surface area contributed by atoms with Gasteiger partial charge in [0.05, 0.1) is 0 Å². The molecule has 0 atom stereocenters. The molecule has 0 heterocycles. The lowest BCUT2D eigenvalue weighted by molar-refractivity contribution is 0.163. The van der Waals surface area contributed by atoms with Crippen molar-refractivity contribution in [3.8, 4) is 0 Å². The Morgan fingerprint density at radius 1 is 1.00 bits per heavy atom. The molecule has 1 rings (SSSR count). The molecule has 0 unspecified atom stereocenters. The van der Waals surface area contributed by atoms with E-state index in [-0.39, 0.29) is 0 Å². The van der Waals surface area contributed by atoms with E-state index in [9.17, 15) is 0 Å². The lowest BCUT2D eigenvalue weighted by atomic mass is 9.80. The van der Waals surface area contributed by atoms with Gasteiger partial charge in [-0.3, -0.25) is 0 Å². The van der Waals surface area contributed by atoms with Crippen molar-refractivity contribution in [2.45, 2.75) is 58.3 Å². The first-order valence-electron chi connectivity index (χ1n) is 5.97. The highest BCUT2D eigenvalue weighted by Crippen LogP contribution is 2.31. The highest BCUT2D eigenvalue weighted by Gasteiger charge is 2.19. The van der Waals surface area contributed by atoms with E-state index in [0.717, 1.165) is 5.92 Å². The molecule has 1 aliphatic carbocycles. The molecule has 1 saturated carbocycles. The van der Waals surface area contributed by atoms with E-state index >= 15 is 0 Å². The van der Waals surface area contributed by atoms with Crippen LogP contribution in [0.5, 0.6) is 0 Å². The monoisotopic (exact) mass is 184 g/mol. The van der Waals surface area contributed by atoms with Crippen LogP contribution in [0.2, 0.25) is 0 Å². The molecule has 0 amide bonds. The minimum absolute atomic E-state index is 0.418. The second-order valence-corrected chi connectivity index (χ2v) is 4.57. The molecule has 1 nitrogen and oxygen atoms in total. The third kappa shape index (κ3) is 4.12. The van der Waals surface area contributed by atoms with Gasteiger partial charge in [-0.15, -0.1) is 0 Å². The van der Waals surface area contributed by atoms with Crippen molar-refractivity contribution in [2.24, 2.45) is 11.8 Å². The van der Waals surface area contributed by atoms with Crippen LogP contribution in [0.3, 0.4) is 0 Å². The van der Waals surface area contributed by atoms with Gasteiger partial charge in [-0.05, 0) is 24.7 Å². The summed E-state index contributed by atoms with van der Waals surface area (Å²) in [6, 6.07) is 0. The van der Waals surface area contributed by atoms with Gasteiger partial charge in [0.2, 0.25) is 0 Å². The number of aliphatic hydroxyl groups excluding tert-OH is 1. The smallest absolute Gasteiger partial charge is 0.0459 e. The molecule has 1 N–H and O–H groups in total. The van der Waals surface area contributed by atoms with Crippen LogP contribution in [0.15, 0.2) is 0 Å². The van der Waals surface area contributed by atoms with E-state index < -0.39 is 0 Å². The van der Waals surface area contributed by atoms with Crippen molar-refractivity contribution < 1.29 is 5.11 Å². The topological polar surface area (TPSA) is 20.2 Å². The average Bonchev–Trinajstić information content (AvgIpc) is 2.19. The molecule has 0 aliphatic heterocycles. The van der Waals surface area contributed by atoms with Crippen molar-refractivity contribution in [3.05, 3.63) is 0 Å². The largest absolute Gasteiger partial charge is 0.396 e. The van der Waals surface area contributed by atoms with Gasteiger partial charge in [-0.2, -0.15) is 0 Å². The van der Waals surface area contributed by atoms with Gasteiger partial charge in [0, 0.05) is 6.61 Å². The first kappa shape index (κ1) is 11.0. The predicted octanol–water partition coefficient (Wildman–Crippen LogP) is 3.37. The van der Waals surface area contributed by atoms with Crippen molar-refractivity contribution in [3.63, 3.8) is 0 Å². The molecule has 78 valence electrons. The van der Waals surface area contributed by atoms with Crippen LogP contribution in [-0.2, 0) is 0 Å². The SMILES string of the molecule is CCCCC[C@H]1CC[C@H](CO)CC1. The summed E-state index contributed by atoms with van der Waals surface area (Å²) in [4.78, 5) is 0. The summed E-state index contributed by atoms with van der Waals surface area (Å²) in [5, 5.41) is 8.99. The Bertz CT molecular complexity index is 112. The molecule has 0 saturated heterocycles. The minimum atomic E-state index is 0.418. The Morgan fingerprint density at radius 2 is 1.62 bits per heavy atom. The summed E-state index contributed by atoms with van der Waals surface area (Å²) in [5.41, 5.74) is 0. The van der Waals surface area contributed by atoms with Crippen molar-refractivity contribution in [2.75, 3.05) is 6.61 Å². The summed E-state index contributed by atoms with van der Waals surface area (Å²) in [7, 11) is 0. The zero-order chi connectivity index (χ0) is 9.52. The van der Waals surface area contributed by atoms with E-state index in [2.05, 4.69) is 6.92 Å². The molecule has 0 aromatic rings. The lowest BCUT2D eigenvalue weighted by Gasteiger charge is -2.27. The standard InChI is InChI=1S/C12H24O/c1-2-3-4-5-11-6-8-12(10-13)9-7-11/h11-13H,2-10H2,1H3/t11-,12-. The lowest BCUT2D eigenvalue weighted by Crippen LogP contribution is -2.17. The van der Waals surface area contributed by atoms with Gasteiger partial charge in [0.15, 0.2) is 0 Å². The summed E-state index contributed by atoms with van der Waals surface area (Å²) in [6.07, 6.45) is 10.9. The summed E-state index contributed by atoms with van der Waals surface area (Å²) in [6.45, 7) is 2.68. The van der Waals surface area contributed by atoms with Gasteiger partial charge in [0.1, 0.15) is 0 Å². The maximum absolute atomic E-state index is 8.99. The molecule has 0 radical (unpaired) electrons. The number of unbranched alkanes of at least 4 members (excludes halogenated alkanes) is 2. The first-order chi connectivity index (χ1) is 6.36. The molecule has 1 heteroatoms. The molecule has 0 bridgehead atoms. The Labute approximate surface area is 82.5 Å². The second-order valence-electron chi connectivity index (χ2n) is 4.57. The predicted molar refractivity (Wildman–Crippen MR) is 56.7 cm³/mol. The van der Waals surface area contributed by atoms with Crippen LogP contribution in [0, 0.1) is 11.8 Å². The van der Waals surface area contributed by atoms with Crippen LogP contribution in [0.4, 0.5) is 0 Å². The summed E-state index contributed by atoms with van der Waals surface area (Å²) < 4.78 is 0. The molecule has 0 spiro atoms. The maximum Gasteiger partial charge on any atom is 0.0459 e. The van der Waals surface area contributed by atoms with Gasteiger partial charge in [-0.1, -0.05) is 45.4 Å². The van der Waals surface area contributed by atoms with E-state index in [0.29, 0.717) is 12.5 Å². The fourth-order valence-corrected chi connectivity index (χ4v) is 2.39. The Kier molecular flexibility index (Phi) is 5.45. The van der Waals surface area contributed by atoms with Crippen molar-refractivity contribution >= 4 is 0 Å². The van der Waals surface area contributed by atoms with E-state index in [4.69, 9.17) is 5.11 Å². The highest BCUT2D eigenvalue weighted by atomic mass is 16.3. The molecule has 1 fully saturated rings. The maximum atomic E-state index is 8.99. The van der Waals surface area contributed by atoms with Crippen LogP contribution in [0.25, 0.3) is 0 Å². The van der Waals surface area contributed by atoms with E-state index in [1.807, 2.05) is 0 Å². The summed E-state index contributed by atoms with van der Waals surface area (Å²) in [5.74, 6) is 1.61. The van der Waals surface area contributed by atoms with Gasteiger partial charge >= 0.3 is 0 Å². The highest BCUT2D eigenvalue weighted by molar-refractivity contribution is 4.71. The quantitative estimate of drug-likeness (QED) is 0.649. The van der Waals surface area contributed by atoms with Crippen LogP contribution in [0.1, 0.15) is 58.3 Å². The van der Waals surface area contributed by atoms with Crippen LogP contribution < -0.4 is 0 Å². The van der Waals surface area contributed by atoms with Gasteiger partial charge in [-0.25, -0.2) is 0 Å². The fraction of sp³-hybridized carbons (Fsp3) is 1.00. The third-order valence-corrected chi connectivity index (χ3v) is 3.44. The Hall–Kier alpha value is -0.0400. The number of rotatable bonds is 5. The fourth-order valence-electron chi connectivity index (χ4n) is 2.39. The third-order valence-electron chi connectivity index (χ3n) is 3.44. The zero-order valence-corrected chi connectivity index (χ0v) is 8.97. The minimum Gasteiger partial charge on any atom is -0.396 e. The average molecular weight is 184 g/mol. The summed E-state index contributed by atoms with van der Waals surface area (Å²) >= 11 is 0.